The lowest BCUT2D eigenvalue weighted by Crippen LogP contribution is -2.54. The highest BCUT2D eigenvalue weighted by Crippen LogP contribution is 2.32. The second kappa shape index (κ2) is 16.4. The number of anilines is 4. The first-order valence-corrected chi connectivity index (χ1v) is 17.6. The zero-order chi connectivity index (χ0) is 40.1. The van der Waals surface area contributed by atoms with Crippen molar-refractivity contribution in [1.29, 1.82) is 0 Å². The SMILES string of the molecule is CN(Cc1cnc2nc(N)nc(N)c2n1)c1ccc(C(=O)N[C@@H](CCC(=O)NCCCNc2cccc3c2C(=O)N(C2CCC(=O)NC2=O)C3=O)C(=O)O)cc1. The molecule has 9 N–H and O–H groups in total. The van der Waals surface area contributed by atoms with Gasteiger partial charge in [-0.2, -0.15) is 9.97 Å². The normalized spacial score (nSPS) is 15.6. The quantitative estimate of drug-likeness (QED) is 0.0628. The molecule has 290 valence electrons. The molecule has 20 nitrogen and oxygen atoms in total. The number of carboxylic acids is 1. The Bertz CT molecular complexity index is 2250. The molecule has 0 aliphatic carbocycles. The van der Waals surface area contributed by atoms with Gasteiger partial charge in [0.25, 0.3) is 17.7 Å². The van der Waals surface area contributed by atoms with Crippen LogP contribution < -0.4 is 37.6 Å². The van der Waals surface area contributed by atoms with E-state index < -0.39 is 53.5 Å². The maximum absolute atomic E-state index is 13.3. The van der Waals surface area contributed by atoms with Gasteiger partial charge in [0.2, 0.25) is 23.7 Å². The van der Waals surface area contributed by atoms with Crippen LogP contribution in [0.3, 0.4) is 0 Å². The Morgan fingerprint density at radius 2 is 1.79 bits per heavy atom. The molecule has 1 unspecified atom stereocenters. The van der Waals surface area contributed by atoms with Gasteiger partial charge in [0.15, 0.2) is 17.0 Å². The van der Waals surface area contributed by atoms with Gasteiger partial charge in [-0.3, -0.25) is 39.0 Å². The number of piperidine rings is 1. The Hall–Kier alpha value is -7.25. The smallest absolute Gasteiger partial charge is 0.326 e. The average Bonchev–Trinajstić information content (AvgIpc) is 3.42. The molecule has 2 aromatic carbocycles. The van der Waals surface area contributed by atoms with Gasteiger partial charge in [-0.15, -0.1) is 0 Å². The molecular weight excluding hydrogens is 728 g/mol. The Morgan fingerprint density at radius 3 is 2.52 bits per heavy atom. The van der Waals surface area contributed by atoms with Crippen molar-refractivity contribution < 1.29 is 38.7 Å². The van der Waals surface area contributed by atoms with E-state index in [0.717, 1.165) is 10.6 Å². The van der Waals surface area contributed by atoms with Gasteiger partial charge in [0, 0.05) is 49.9 Å². The minimum Gasteiger partial charge on any atom is -0.480 e. The van der Waals surface area contributed by atoms with Gasteiger partial charge >= 0.3 is 5.97 Å². The fourth-order valence-corrected chi connectivity index (χ4v) is 6.32. The monoisotopic (exact) mass is 766 g/mol. The fraction of sp³-hybridized carbons (Fsp3) is 0.306. The van der Waals surface area contributed by atoms with E-state index in [9.17, 15) is 38.7 Å². The molecule has 6 amide bonds. The minimum absolute atomic E-state index is 0.00430. The first-order chi connectivity index (χ1) is 26.8. The average molecular weight is 767 g/mol. The molecule has 0 radical (unpaired) electrons. The summed E-state index contributed by atoms with van der Waals surface area (Å²) in [6.07, 6.45) is 1.68. The fourth-order valence-electron chi connectivity index (χ4n) is 6.32. The van der Waals surface area contributed by atoms with E-state index >= 15 is 0 Å². The van der Waals surface area contributed by atoms with E-state index in [0.29, 0.717) is 36.4 Å². The van der Waals surface area contributed by atoms with E-state index in [4.69, 9.17) is 11.5 Å². The summed E-state index contributed by atoms with van der Waals surface area (Å²) in [7, 11) is 1.81. The molecule has 20 heteroatoms. The van der Waals surface area contributed by atoms with Crippen LogP contribution in [0, 0.1) is 0 Å². The number of carboxylic acid groups (broad SMARTS) is 1. The van der Waals surface area contributed by atoms with E-state index in [1.807, 2.05) is 11.9 Å². The third-order valence-corrected chi connectivity index (χ3v) is 9.19. The molecule has 2 aliphatic rings. The van der Waals surface area contributed by atoms with E-state index in [1.165, 1.54) is 6.07 Å². The minimum atomic E-state index is -1.32. The van der Waals surface area contributed by atoms with Crippen molar-refractivity contribution in [3.05, 3.63) is 71.0 Å². The highest BCUT2D eigenvalue weighted by Gasteiger charge is 2.45. The van der Waals surface area contributed by atoms with Gasteiger partial charge in [-0.1, -0.05) is 6.07 Å². The first kappa shape index (κ1) is 38.5. The Labute approximate surface area is 318 Å². The van der Waals surface area contributed by atoms with Crippen LogP contribution in [0.5, 0.6) is 0 Å². The Morgan fingerprint density at radius 1 is 1.02 bits per heavy atom. The summed E-state index contributed by atoms with van der Waals surface area (Å²) in [4.78, 5) is 107. The third kappa shape index (κ3) is 8.43. The lowest BCUT2D eigenvalue weighted by molar-refractivity contribution is -0.140. The topological polar surface area (TPSA) is 298 Å². The summed E-state index contributed by atoms with van der Waals surface area (Å²) in [5.41, 5.74) is 14.3. The molecule has 2 atom stereocenters. The van der Waals surface area contributed by atoms with Crippen molar-refractivity contribution in [1.82, 2.24) is 40.8 Å². The second-order valence-corrected chi connectivity index (χ2v) is 13.1. The van der Waals surface area contributed by atoms with Crippen molar-refractivity contribution in [2.24, 2.45) is 0 Å². The lowest BCUT2D eigenvalue weighted by atomic mass is 10.0. The Kier molecular flexibility index (Phi) is 11.3. The second-order valence-electron chi connectivity index (χ2n) is 13.1. The van der Waals surface area contributed by atoms with Crippen LogP contribution in [0.15, 0.2) is 48.7 Å². The highest BCUT2D eigenvalue weighted by atomic mass is 16.4. The number of hydrogen-bond acceptors (Lipinski definition) is 15. The van der Waals surface area contributed by atoms with Gasteiger partial charge in [0.05, 0.1) is 29.6 Å². The number of carbonyl (C=O) groups is 7. The highest BCUT2D eigenvalue weighted by molar-refractivity contribution is 6.25. The summed E-state index contributed by atoms with van der Waals surface area (Å²) in [6.45, 7) is 0.853. The van der Waals surface area contributed by atoms with Crippen LogP contribution in [-0.4, -0.2) is 104 Å². The van der Waals surface area contributed by atoms with Gasteiger partial charge < -0.3 is 37.4 Å². The van der Waals surface area contributed by atoms with E-state index in [-0.39, 0.29) is 66.3 Å². The largest absolute Gasteiger partial charge is 0.480 e. The summed E-state index contributed by atoms with van der Waals surface area (Å²) in [5, 5.41) is 20.2. The van der Waals surface area contributed by atoms with Crippen LogP contribution in [0.25, 0.3) is 11.2 Å². The molecule has 4 heterocycles. The van der Waals surface area contributed by atoms with Crippen LogP contribution in [0.4, 0.5) is 23.1 Å². The number of nitrogen functional groups attached to an aromatic ring is 2. The maximum Gasteiger partial charge on any atom is 0.326 e. The number of aromatic nitrogens is 4. The molecule has 0 bridgehead atoms. The molecule has 56 heavy (non-hydrogen) atoms. The number of nitrogens with one attached hydrogen (secondary N) is 4. The number of hydrogen-bond donors (Lipinski definition) is 7. The predicted octanol–water partition coefficient (Wildman–Crippen LogP) is 0.203. The molecule has 1 saturated heterocycles. The lowest BCUT2D eigenvalue weighted by Gasteiger charge is -2.27. The van der Waals surface area contributed by atoms with Crippen LogP contribution in [0.2, 0.25) is 0 Å². The molecule has 2 aromatic heterocycles. The predicted molar refractivity (Wildman–Crippen MR) is 200 cm³/mol. The molecule has 1 fully saturated rings. The number of fused-ring (bicyclic) bond motifs is 2. The van der Waals surface area contributed by atoms with Crippen molar-refractivity contribution in [2.75, 3.05) is 41.8 Å². The van der Waals surface area contributed by atoms with Crippen molar-refractivity contribution in [2.45, 2.75) is 50.7 Å². The summed E-state index contributed by atoms with van der Waals surface area (Å²) >= 11 is 0. The molecule has 0 spiro atoms. The summed E-state index contributed by atoms with van der Waals surface area (Å²) in [6, 6.07) is 8.79. The molecular formula is C36H38N12O8. The number of aliphatic carboxylic acids is 1. The van der Waals surface area contributed by atoms with E-state index in [1.54, 1.807) is 42.6 Å². The first-order valence-electron chi connectivity index (χ1n) is 17.6. The number of amides is 6. The molecule has 6 rings (SSSR count). The van der Waals surface area contributed by atoms with Crippen molar-refractivity contribution >= 4 is 75.7 Å². The maximum atomic E-state index is 13.3. The number of nitrogens with two attached hydrogens (primary N) is 2. The number of benzene rings is 2. The number of rotatable bonds is 15. The van der Waals surface area contributed by atoms with Gasteiger partial charge in [-0.25, -0.2) is 14.8 Å². The van der Waals surface area contributed by atoms with Crippen LogP contribution >= 0.6 is 0 Å². The van der Waals surface area contributed by atoms with E-state index in [2.05, 4.69) is 41.2 Å². The van der Waals surface area contributed by atoms with Gasteiger partial charge in [-0.05, 0) is 55.7 Å². The van der Waals surface area contributed by atoms with Crippen molar-refractivity contribution in [3.8, 4) is 0 Å². The summed E-state index contributed by atoms with van der Waals surface area (Å²) < 4.78 is 0. The number of imide groups is 2. The van der Waals surface area contributed by atoms with Crippen molar-refractivity contribution in [3.63, 3.8) is 0 Å². The molecule has 0 saturated carbocycles. The third-order valence-electron chi connectivity index (χ3n) is 9.19. The standard InChI is InChI=1S/C36H38N12O8/c1-47(17-19-16-41-30-28(42-19)29(37)45-36(38)46-30)20-8-6-18(7-9-20)31(51)43-23(35(55)56)10-12-25(49)40-15-3-14-39-22-5-2-4-21-27(22)34(54)48(33(21)53)24-11-13-26(50)44-32(24)52/h2,4-9,16,23-24,39H,3,10-15,17H2,1H3,(H,40,49)(H,43,51)(H,55,56)(H,44,50,52)(H4,37,38,41,45,46)/t23-,24?/m0/s1. The molecule has 4 aromatic rings. The number of nitrogens with zero attached hydrogens (tertiary/aromatic N) is 6. The van der Waals surface area contributed by atoms with Crippen LogP contribution in [0.1, 0.15) is 68.9 Å². The summed E-state index contributed by atoms with van der Waals surface area (Å²) in [5.74, 6) is -4.65. The Balaban J connectivity index is 0.937. The zero-order valence-electron chi connectivity index (χ0n) is 30.1. The molecule has 2 aliphatic heterocycles. The van der Waals surface area contributed by atoms with Gasteiger partial charge in [0.1, 0.15) is 12.1 Å². The zero-order valence-corrected chi connectivity index (χ0v) is 30.1. The number of carbonyl (C=O) groups excluding carboxylic acids is 6. The van der Waals surface area contributed by atoms with Crippen LogP contribution in [-0.2, 0) is 25.7 Å².